The van der Waals surface area contributed by atoms with Crippen molar-refractivity contribution in [1.29, 1.82) is 0 Å². The molecule has 0 saturated heterocycles. The molecule has 92 valence electrons. The molecule has 1 heterocycles. The molecular weight excluding hydrogens is 230 g/mol. The van der Waals surface area contributed by atoms with Crippen molar-refractivity contribution in [2.45, 2.75) is 13.8 Å². The zero-order chi connectivity index (χ0) is 13.1. The fourth-order valence-corrected chi connectivity index (χ4v) is 1.67. The zero-order valence-corrected chi connectivity index (χ0v) is 10.1. The number of nitrogens with one attached hydrogen (secondary N) is 1. The number of aromatic hydroxyl groups is 1. The number of benzene rings is 1. The molecule has 0 atom stereocenters. The zero-order valence-electron chi connectivity index (χ0n) is 10.1. The first-order valence-electron chi connectivity index (χ1n) is 5.48. The highest BCUT2D eigenvalue weighted by Gasteiger charge is 2.09. The largest absolute Gasteiger partial charge is 0.493 e. The van der Waals surface area contributed by atoms with E-state index in [4.69, 9.17) is 0 Å². The first kappa shape index (κ1) is 12.0. The Balaban J connectivity index is 2.40. The SMILES string of the molecule is CC(=O)/C=C(\C)N=Nc1c(O)[nH]c2ccccc12. The van der Waals surface area contributed by atoms with Gasteiger partial charge >= 0.3 is 0 Å². The predicted molar refractivity (Wildman–Crippen MR) is 68.9 cm³/mol. The summed E-state index contributed by atoms with van der Waals surface area (Å²) in [5, 5.41) is 18.4. The number of carbonyl (C=O) groups is 1. The highest BCUT2D eigenvalue weighted by Crippen LogP contribution is 2.35. The average molecular weight is 243 g/mol. The van der Waals surface area contributed by atoms with Gasteiger partial charge in [-0.3, -0.25) is 4.79 Å². The number of azo groups is 1. The lowest BCUT2D eigenvalue weighted by Gasteiger charge is -1.91. The van der Waals surface area contributed by atoms with Gasteiger partial charge in [0.15, 0.2) is 11.5 Å². The lowest BCUT2D eigenvalue weighted by molar-refractivity contribution is -0.112. The molecule has 0 aliphatic carbocycles. The fourth-order valence-electron chi connectivity index (χ4n) is 1.67. The molecule has 1 aromatic carbocycles. The highest BCUT2D eigenvalue weighted by atomic mass is 16.3. The number of fused-ring (bicyclic) bond motifs is 1. The minimum atomic E-state index is -0.0883. The summed E-state index contributed by atoms with van der Waals surface area (Å²) >= 11 is 0. The van der Waals surface area contributed by atoms with Crippen molar-refractivity contribution < 1.29 is 9.90 Å². The maximum atomic E-state index is 10.9. The number of hydrogen-bond donors (Lipinski definition) is 2. The maximum absolute atomic E-state index is 10.9. The third-order valence-electron chi connectivity index (χ3n) is 2.38. The van der Waals surface area contributed by atoms with Gasteiger partial charge in [-0.2, -0.15) is 5.11 Å². The summed E-state index contributed by atoms with van der Waals surface area (Å²) in [4.78, 5) is 13.7. The minimum Gasteiger partial charge on any atom is -0.493 e. The third kappa shape index (κ3) is 2.45. The normalized spacial score (nSPS) is 12.4. The average Bonchev–Trinajstić information content (AvgIpc) is 2.61. The summed E-state index contributed by atoms with van der Waals surface area (Å²) in [5.41, 5.74) is 1.66. The van der Waals surface area contributed by atoms with Crippen molar-refractivity contribution in [2.24, 2.45) is 10.2 Å². The number of allylic oxidation sites excluding steroid dienone is 2. The lowest BCUT2D eigenvalue weighted by Crippen LogP contribution is -1.82. The van der Waals surface area contributed by atoms with E-state index < -0.39 is 0 Å². The van der Waals surface area contributed by atoms with Gasteiger partial charge in [0.05, 0.1) is 11.2 Å². The van der Waals surface area contributed by atoms with Crippen LogP contribution in [0.15, 0.2) is 46.3 Å². The molecule has 0 aliphatic rings. The smallest absolute Gasteiger partial charge is 0.218 e. The third-order valence-corrected chi connectivity index (χ3v) is 2.38. The van der Waals surface area contributed by atoms with E-state index >= 15 is 0 Å². The molecule has 2 aromatic rings. The van der Waals surface area contributed by atoms with Crippen LogP contribution in [0.1, 0.15) is 13.8 Å². The van der Waals surface area contributed by atoms with Crippen LogP contribution in [0.2, 0.25) is 0 Å². The van der Waals surface area contributed by atoms with Crippen LogP contribution in [0.5, 0.6) is 5.88 Å². The predicted octanol–water partition coefficient (Wildman–Crippen LogP) is 3.45. The van der Waals surface area contributed by atoms with Crippen LogP contribution in [0.25, 0.3) is 10.9 Å². The van der Waals surface area contributed by atoms with Crippen molar-refractivity contribution in [1.82, 2.24) is 4.98 Å². The van der Waals surface area contributed by atoms with E-state index in [2.05, 4.69) is 15.2 Å². The molecule has 2 rings (SSSR count). The number of para-hydroxylation sites is 1. The number of ketones is 1. The summed E-state index contributed by atoms with van der Waals surface area (Å²) in [5.74, 6) is -0.120. The van der Waals surface area contributed by atoms with E-state index in [9.17, 15) is 9.90 Å². The van der Waals surface area contributed by atoms with Crippen LogP contribution in [-0.4, -0.2) is 15.9 Å². The summed E-state index contributed by atoms with van der Waals surface area (Å²) in [6, 6.07) is 7.39. The van der Waals surface area contributed by atoms with Gasteiger partial charge in [-0.25, -0.2) is 0 Å². The van der Waals surface area contributed by atoms with E-state index in [1.165, 1.54) is 13.0 Å². The standard InChI is InChI=1S/C13H13N3O2/c1-8(7-9(2)17)15-16-12-10-5-3-4-6-11(10)14-13(12)18/h3-7,14,18H,1-2H3/b8-7+,16-15?. The Hall–Kier alpha value is -2.43. The second-order valence-electron chi connectivity index (χ2n) is 3.96. The monoisotopic (exact) mass is 243 g/mol. The molecule has 0 saturated carbocycles. The maximum Gasteiger partial charge on any atom is 0.218 e. The van der Waals surface area contributed by atoms with Crippen molar-refractivity contribution in [2.75, 3.05) is 0 Å². The molecular formula is C13H13N3O2. The summed E-state index contributed by atoms with van der Waals surface area (Å²) in [6.45, 7) is 3.12. The fraction of sp³-hybridized carbons (Fsp3) is 0.154. The molecule has 2 N–H and O–H groups in total. The minimum absolute atomic E-state index is 0.0319. The summed E-state index contributed by atoms with van der Waals surface area (Å²) in [6.07, 6.45) is 1.38. The number of aromatic nitrogens is 1. The second-order valence-corrected chi connectivity index (χ2v) is 3.96. The molecule has 0 spiro atoms. The molecule has 0 fully saturated rings. The Morgan fingerprint density at radius 2 is 2.06 bits per heavy atom. The summed E-state index contributed by atoms with van der Waals surface area (Å²) in [7, 11) is 0. The Kier molecular flexibility index (Phi) is 3.23. The Morgan fingerprint density at radius 3 is 2.78 bits per heavy atom. The first-order chi connectivity index (χ1) is 8.58. The van der Waals surface area contributed by atoms with Crippen LogP contribution in [0.3, 0.4) is 0 Å². The van der Waals surface area contributed by atoms with E-state index in [0.29, 0.717) is 11.4 Å². The van der Waals surface area contributed by atoms with Gasteiger partial charge < -0.3 is 10.1 Å². The number of rotatable bonds is 3. The van der Waals surface area contributed by atoms with Crippen molar-refractivity contribution in [3.8, 4) is 5.88 Å². The van der Waals surface area contributed by atoms with Crippen LogP contribution in [0, 0.1) is 0 Å². The van der Waals surface area contributed by atoms with Crippen LogP contribution < -0.4 is 0 Å². The van der Waals surface area contributed by atoms with Gasteiger partial charge in [0.2, 0.25) is 5.88 Å². The molecule has 0 aliphatic heterocycles. The first-order valence-corrected chi connectivity index (χ1v) is 5.48. The van der Waals surface area contributed by atoms with Gasteiger partial charge in [-0.05, 0) is 19.9 Å². The van der Waals surface area contributed by atoms with Crippen LogP contribution in [-0.2, 0) is 4.79 Å². The lowest BCUT2D eigenvalue weighted by atomic mass is 10.2. The van der Waals surface area contributed by atoms with Gasteiger partial charge in [0.25, 0.3) is 0 Å². The Labute approximate surface area is 104 Å². The second kappa shape index (κ2) is 4.83. The van der Waals surface area contributed by atoms with Crippen molar-refractivity contribution in [3.05, 3.63) is 36.0 Å². The van der Waals surface area contributed by atoms with Crippen molar-refractivity contribution in [3.63, 3.8) is 0 Å². The Morgan fingerprint density at radius 1 is 1.33 bits per heavy atom. The molecule has 0 radical (unpaired) electrons. The molecule has 0 amide bonds. The Bertz CT molecular complexity index is 653. The molecule has 1 aromatic heterocycles. The van der Waals surface area contributed by atoms with Gasteiger partial charge in [0.1, 0.15) is 0 Å². The highest BCUT2D eigenvalue weighted by molar-refractivity contribution is 5.94. The number of aromatic amines is 1. The molecule has 5 nitrogen and oxygen atoms in total. The van der Waals surface area contributed by atoms with Crippen molar-refractivity contribution >= 4 is 22.4 Å². The number of H-pyrrole nitrogens is 1. The van der Waals surface area contributed by atoms with E-state index in [0.717, 1.165) is 10.9 Å². The number of nitrogens with zero attached hydrogens (tertiary/aromatic N) is 2. The molecule has 0 bridgehead atoms. The number of carbonyl (C=O) groups excluding carboxylic acids is 1. The molecule has 0 unspecified atom stereocenters. The van der Waals surface area contributed by atoms with Gasteiger partial charge in [-0.15, -0.1) is 5.11 Å². The van der Waals surface area contributed by atoms with E-state index in [1.54, 1.807) is 6.92 Å². The van der Waals surface area contributed by atoms with E-state index in [1.807, 2.05) is 24.3 Å². The topological polar surface area (TPSA) is 77.8 Å². The van der Waals surface area contributed by atoms with Crippen LogP contribution >= 0.6 is 0 Å². The molecule has 5 heteroatoms. The summed E-state index contributed by atoms with van der Waals surface area (Å²) < 4.78 is 0. The quantitative estimate of drug-likeness (QED) is 0.639. The van der Waals surface area contributed by atoms with E-state index in [-0.39, 0.29) is 11.7 Å². The van der Waals surface area contributed by atoms with Crippen LogP contribution in [0.4, 0.5) is 5.69 Å². The molecule has 18 heavy (non-hydrogen) atoms. The van der Waals surface area contributed by atoms with Gasteiger partial charge in [-0.1, -0.05) is 18.2 Å². The van der Waals surface area contributed by atoms with Gasteiger partial charge in [0, 0.05) is 11.5 Å². The number of hydrogen-bond acceptors (Lipinski definition) is 4.